The maximum absolute atomic E-state index is 12.4. The van der Waals surface area contributed by atoms with Gasteiger partial charge in [0, 0.05) is 25.8 Å². The Labute approximate surface area is 130 Å². The third kappa shape index (κ3) is 2.50. The predicted molar refractivity (Wildman–Crippen MR) is 83.7 cm³/mol. The molecule has 1 saturated heterocycles. The number of aliphatic carboxylic acids is 1. The third-order valence-corrected chi connectivity index (χ3v) is 5.24. The van der Waals surface area contributed by atoms with E-state index in [1.807, 2.05) is 35.2 Å². The summed E-state index contributed by atoms with van der Waals surface area (Å²) in [5.74, 6) is -0.493. The number of fused-ring (bicyclic) bond motifs is 1. The molecule has 2 fully saturated rings. The second-order valence-corrected chi connectivity index (χ2v) is 6.51. The molecule has 1 aliphatic carbocycles. The number of para-hydroxylation sites is 1. The summed E-state index contributed by atoms with van der Waals surface area (Å²) < 4.78 is 0. The van der Waals surface area contributed by atoms with Crippen molar-refractivity contribution >= 4 is 17.6 Å². The summed E-state index contributed by atoms with van der Waals surface area (Å²) in [6.07, 6.45) is 2.69. The number of carboxylic acid groups (broad SMARTS) is 1. The number of likely N-dealkylation sites (N-methyl/N-ethyl adjacent to an activating group) is 1. The fourth-order valence-electron chi connectivity index (χ4n) is 3.96. The van der Waals surface area contributed by atoms with E-state index in [1.54, 1.807) is 11.9 Å². The van der Waals surface area contributed by atoms with Crippen LogP contribution >= 0.6 is 0 Å². The van der Waals surface area contributed by atoms with E-state index >= 15 is 0 Å². The number of rotatable bonds is 4. The summed E-state index contributed by atoms with van der Waals surface area (Å²) in [5, 5.41) is 9.59. The minimum Gasteiger partial charge on any atom is -0.481 e. The van der Waals surface area contributed by atoms with Crippen LogP contribution in [0.25, 0.3) is 0 Å². The zero-order valence-corrected chi connectivity index (χ0v) is 12.9. The van der Waals surface area contributed by atoms with E-state index in [9.17, 15) is 14.7 Å². The maximum Gasteiger partial charge on any atom is 0.311 e. The van der Waals surface area contributed by atoms with Gasteiger partial charge >= 0.3 is 5.97 Å². The van der Waals surface area contributed by atoms with Crippen molar-refractivity contribution in [3.8, 4) is 0 Å². The molecule has 2 atom stereocenters. The van der Waals surface area contributed by atoms with E-state index in [0.717, 1.165) is 31.5 Å². The Kier molecular flexibility index (Phi) is 3.91. The summed E-state index contributed by atoms with van der Waals surface area (Å²) in [4.78, 5) is 27.8. The molecule has 0 spiro atoms. The number of amides is 1. The number of carbonyl (C=O) groups excluding carboxylic acids is 1. The van der Waals surface area contributed by atoms with Gasteiger partial charge in [-0.05, 0) is 30.9 Å². The Hall–Kier alpha value is -1.88. The number of nitrogens with zero attached hydrogens (tertiary/aromatic N) is 2. The molecule has 1 aromatic rings. The van der Waals surface area contributed by atoms with E-state index in [0.29, 0.717) is 6.54 Å². The molecule has 1 N–H and O–H groups in total. The van der Waals surface area contributed by atoms with E-state index in [4.69, 9.17) is 0 Å². The zero-order valence-electron chi connectivity index (χ0n) is 12.9. The number of hydrogen-bond acceptors (Lipinski definition) is 3. The van der Waals surface area contributed by atoms with Gasteiger partial charge in [0.25, 0.3) is 0 Å². The van der Waals surface area contributed by atoms with Crippen molar-refractivity contribution in [2.45, 2.75) is 19.3 Å². The van der Waals surface area contributed by atoms with Gasteiger partial charge in [0.1, 0.15) is 0 Å². The molecule has 0 radical (unpaired) electrons. The first-order valence-corrected chi connectivity index (χ1v) is 7.80. The van der Waals surface area contributed by atoms with E-state index in [-0.39, 0.29) is 18.4 Å². The van der Waals surface area contributed by atoms with Gasteiger partial charge in [-0.2, -0.15) is 0 Å². The van der Waals surface area contributed by atoms with Crippen molar-refractivity contribution in [1.82, 2.24) is 4.90 Å². The Balaban J connectivity index is 1.65. The normalized spacial score (nSPS) is 27.6. The van der Waals surface area contributed by atoms with E-state index < -0.39 is 11.4 Å². The average molecular weight is 302 g/mol. The molecule has 1 aliphatic heterocycles. The summed E-state index contributed by atoms with van der Waals surface area (Å²) in [6.45, 7) is 1.51. The summed E-state index contributed by atoms with van der Waals surface area (Å²) >= 11 is 0. The fourth-order valence-corrected chi connectivity index (χ4v) is 3.96. The van der Waals surface area contributed by atoms with Gasteiger partial charge in [-0.3, -0.25) is 14.5 Å². The van der Waals surface area contributed by atoms with Crippen molar-refractivity contribution in [1.29, 1.82) is 0 Å². The number of likely N-dealkylation sites (tertiary alicyclic amines) is 1. The summed E-state index contributed by atoms with van der Waals surface area (Å²) in [7, 11) is 1.77. The molecule has 5 heteroatoms. The van der Waals surface area contributed by atoms with Crippen LogP contribution in [-0.4, -0.2) is 48.6 Å². The minimum atomic E-state index is -0.693. The number of anilines is 1. The Bertz CT molecular complexity index is 575. The van der Waals surface area contributed by atoms with Crippen molar-refractivity contribution in [2.75, 3.05) is 31.6 Å². The van der Waals surface area contributed by atoms with Gasteiger partial charge in [-0.25, -0.2) is 0 Å². The molecule has 22 heavy (non-hydrogen) atoms. The molecule has 0 unspecified atom stereocenters. The highest BCUT2D eigenvalue weighted by atomic mass is 16.4. The van der Waals surface area contributed by atoms with Gasteiger partial charge < -0.3 is 10.0 Å². The van der Waals surface area contributed by atoms with Crippen molar-refractivity contribution in [3.05, 3.63) is 30.3 Å². The van der Waals surface area contributed by atoms with Gasteiger partial charge in [0.05, 0.1) is 12.0 Å². The van der Waals surface area contributed by atoms with Gasteiger partial charge in [0.15, 0.2) is 0 Å². The van der Waals surface area contributed by atoms with Crippen LogP contribution < -0.4 is 4.90 Å². The topological polar surface area (TPSA) is 60.9 Å². The minimum absolute atomic E-state index is 0.00622. The molecule has 1 aromatic carbocycles. The summed E-state index contributed by atoms with van der Waals surface area (Å²) in [6, 6.07) is 9.52. The Morgan fingerprint density at radius 3 is 2.73 bits per heavy atom. The van der Waals surface area contributed by atoms with Gasteiger partial charge in [0.2, 0.25) is 5.91 Å². The largest absolute Gasteiger partial charge is 0.481 e. The Morgan fingerprint density at radius 2 is 2.09 bits per heavy atom. The highest BCUT2D eigenvalue weighted by Crippen LogP contribution is 2.48. The number of hydrogen-bond donors (Lipinski definition) is 1. The Morgan fingerprint density at radius 1 is 1.36 bits per heavy atom. The van der Waals surface area contributed by atoms with E-state index in [1.165, 1.54) is 0 Å². The lowest BCUT2D eigenvalue weighted by Gasteiger charge is -2.24. The van der Waals surface area contributed by atoms with Crippen LogP contribution in [0.15, 0.2) is 30.3 Å². The second-order valence-electron chi connectivity index (χ2n) is 6.51. The van der Waals surface area contributed by atoms with Crippen molar-refractivity contribution in [2.24, 2.45) is 11.3 Å². The zero-order chi connectivity index (χ0) is 15.7. The first-order valence-electron chi connectivity index (χ1n) is 7.80. The number of benzene rings is 1. The van der Waals surface area contributed by atoms with Gasteiger partial charge in [-0.1, -0.05) is 24.6 Å². The molecule has 5 nitrogen and oxygen atoms in total. The average Bonchev–Trinajstić information content (AvgIpc) is 3.05. The van der Waals surface area contributed by atoms with Crippen molar-refractivity contribution < 1.29 is 14.7 Å². The van der Waals surface area contributed by atoms with Crippen LogP contribution in [0, 0.1) is 11.3 Å². The fraction of sp³-hybridized carbons (Fsp3) is 0.529. The second kappa shape index (κ2) is 5.72. The first-order chi connectivity index (χ1) is 10.5. The van der Waals surface area contributed by atoms with Crippen LogP contribution in [0.4, 0.5) is 5.69 Å². The van der Waals surface area contributed by atoms with Crippen LogP contribution in [-0.2, 0) is 9.59 Å². The highest BCUT2D eigenvalue weighted by Gasteiger charge is 2.54. The molecule has 0 aromatic heterocycles. The van der Waals surface area contributed by atoms with Gasteiger partial charge in [-0.15, -0.1) is 0 Å². The molecular formula is C17H22N2O3. The monoisotopic (exact) mass is 302 g/mol. The molecule has 0 bridgehead atoms. The molecule has 2 aliphatic rings. The molecule has 3 rings (SSSR count). The third-order valence-electron chi connectivity index (χ3n) is 5.24. The van der Waals surface area contributed by atoms with Crippen LogP contribution in [0.5, 0.6) is 0 Å². The summed E-state index contributed by atoms with van der Waals surface area (Å²) in [5.41, 5.74) is 0.242. The van der Waals surface area contributed by atoms with Crippen LogP contribution in [0.2, 0.25) is 0 Å². The first kappa shape index (κ1) is 15.0. The lowest BCUT2D eigenvalue weighted by molar-refractivity contribution is -0.149. The van der Waals surface area contributed by atoms with Crippen molar-refractivity contribution in [3.63, 3.8) is 0 Å². The molecule has 1 heterocycles. The smallest absolute Gasteiger partial charge is 0.311 e. The standard InChI is InChI=1S/C17H22N2O3/c1-18(14-7-3-2-4-8-14)15(20)11-19-10-13-6-5-9-17(13,12-19)16(21)22/h2-4,7-8,13H,5-6,9-12H2,1H3,(H,21,22)/t13-,17+/m0/s1. The highest BCUT2D eigenvalue weighted by molar-refractivity contribution is 5.94. The lowest BCUT2D eigenvalue weighted by Crippen LogP contribution is -2.40. The molecule has 118 valence electrons. The maximum atomic E-state index is 12.4. The molecule has 1 amide bonds. The molecular weight excluding hydrogens is 280 g/mol. The quantitative estimate of drug-likeness (QED) is 0.922. The van der Waals surface area contributed by atoms with Crippen LogP contribution in [0.1, 0.15) is 19.3 Å². The lowest BCUT2D eigenvalue weighted by atomic mass is 9.81. The van der Waals surface area contributed by atoms with Crippen LogP contribution in [0.3, 0.4) is 0 Å². The number of carbonyl (C=O) groups is 2. The predicted octanol–water partition coefficient (Wildman–Crippen LogP) is 1.84. The van der Waals surface area contributed by atoms with E-state index in [2.05, 4.69) is 0 Å². The SMILES string of the molecule is CN(C(=O)CN1C[C@@H]2CCC[C@@]2(C(=O)O)C1)c1ccccc1. The number of carboxylic acids is 1. The molecule has 1 saturated carbocycles.